The summed E-state index contributed by atoms with van der Waals surface area (Å²) in [6.07, 6.45) is 0. The molecule has 1 rings (SSSR count). The lowest BCUT2D eigenvalue weighted by atomic mass is 10.2. The molecule has 68 valence electrons. The average Bonchev–Trinajstić information content (AvgIpc) is 2.03. The summed E-state index contributed by atoms with van der Waals surface area (Å²) in [6.45, 7) is 0. The molecule has 0 aliphatic carbocycles. The molecule has 0 heterocycles. The molecule has 0 bridgehead atoms. The van der Waals surface area contributed by atoms with E-state index >= 15 is 0 Å². The normalized spacial score (nSPS) is 9.62. The summed E-state index contributed by atoms with van der Waals surface area (Å²) in [5, 5.41) is 10.5. The SMILES string of the molecule is NC(=O)c1ccc(Br)cc1[N+](=O)[O-]. The lowest BCUT2D eigenvalue weighted by Gasteiger charge is -1.98. The van der Waals surface area contributed by atoms with Gasteiger partial charge in [0.2, 0.25) is 0 Å². The highest BCUT2D eigenvalue weighted by Crippen LogP contribution is 2.22. The number of hydrogen-bond donors (Lipinski definition) is 1. The van der Waals surface area contributed by atoms with Gasteiger partial charge in [0.1, 0.15) is 5.56 Å². The van der Waals surface area contributed by atoms with Crippen LogP contribution in [0, 0.1) is 10.1 Å². The first kappa shape index (κ1) is 9.66. The summed E-state index contributed by atoms with van der Waals surface area (Å²) >= 11 is 3.06. The zero-order valence-corrected chi connectivity index (χ0v) is 7.95. The number of carbonyl (C=O) groups excluding carboxylic acids is 1. The second-order valence-electron chi connectivity index (χ2n) is 2.28. The Labute approximate surface area is 81.8 Å². The molecule has 0 aliphatic heterocycles. The Morgan fingerprint density at radius 1 is 1.54 bits per heavy atom. The van der Waals surface area contributed by atoms with Crippen molar-refractivity contribution in [2.75, 3.05) is 0 Å². The van der Waals surface area contributed by atoms with Gasteiger partial charge in [-0.3, -0.25) is 14.9 Å². The van der Waals surface area contributed by atoms with Gasteiger partial charge in [-0.05, 0) is 12.1 Å². The zero-order valence-electron chi connectivity index (χ0n) is 6.36. The Morgan fingerprint density at radius 3 is 2.62 bits per heavy atom. The van der Waals surface area contributed by atoms with Crippen molar-refractivity contribution < 1.29 is 9.72 Å². The Bertz CT molecular complexity index is 378. The van der Waals surface area contributed by atoms with Crippen molar-refractivity contribution >= 4 is 27.5 Å². The van der Waals surface area contributed by atoms with E-state index in [0.29, 0.717) is 4.47 Å². The van der Waals surface area contributed by atoms with E-state index in [1.165, 1.54) is 18.2 Å². The Hall–Kier alpha value is -1.43. The number of nitro groups is 1. The topological polar surface area (TPSA) is 86.2 Å². The van der Waals surface area contributed by atoms with Gasteiger partial charge in [-0.2, -0.15) is 0 Å². The molecule has 0 saturated carbocycles. The number of nitrogens with two attached hydrogens (primary N) is 1. The molecule has 0 aromatic heterocycles. The van der Waals surface area contributed by atoms with E-state index in [1.807, 2.05) is 0 Å². The van der Waals surface area contributed by atoms with Gasteiger partial charge < -0.3 is 5.73 Å². The van der Waals surface area contributed by atoms with E-state index in [9.17, 15) is 14.9 Å². The fourth-order valence-corrected chi connectivity index (χ4v) is 1.21. The van der Waals surface area contributed by atoms with Crippen LogP contribution in [0.3, 0.4) is 0 Å². The van der Waals surface area contributed by atoms with Crippen molar-refractivity contribution in [1.29, 1.82) is 0 Å². The van der Waals surface area contributed by atoms with Crippen LogP contribution >= 0.6 is 15.9 Å². The fraction of sp³-hybridized carbons (Fsp3) is 0. The molecule has 13 heavy (non-hydrogen) atoms. The molecule has 0 unspecified atom stereocenters. The molecule has 0 radical (unpaired) electrons. The maximum absolute atomic E-state index is 10.7. The van der Waals surface area contributed by atoms with Crippen molar-refractivity contribution in [3.8, 4) is 0 Å². The summed E-state index contributed by atoms with van der Waals surface area (Å²) in [4.78, 5) is 20.5. The number of amides is 1. The molecule has 0 aliphatic rings. The smallest absolute Gasteiger partial charge is 0.283 e. The molecular formula is C7H5BrN2O3. The Kier molecular flexibility index (Phi) is 2.62. The molecular weight excluding hydrogens is 240 g/mol. The molecule has 0 fully saturated rings. The molecule has 2 N–H and O–H groups in total. The van der Waals surface area contributed by atoms with E-state index in [2.05, 4.69) is 15.9 Å². The quantitative estimate of drug-likeness (QED) is 0.631. The van der Waals surface area contributed by atoms with Crippen molar-refractivity contribution in [1.82, 2.24) is 0 Å². The van der Waals surface area contributed by atoms with Gasteiger partial charge >= 0.3 is 0 Å². The second kappa shape index (κ2) is 3.53. The Balaban J connectivity index is 3.35. The van der Waals surface area contributed by atoms with Crippen LogP contribution in [-0.4, -0.2) is 10.8 Å². The maximum atomic E-state index is 10.7. The first-order chi connectivity index (χ1) is 6.02. The molecule has 1 aromatic carbocycles. The third kappa shape index (κ3) is 2.03. The van der Waals surface area contributed by atoms with Gasteiger partial charge in [0.05, 0.1) is 4.92 Å². The fourth-order valence-electron chi connectivity index (χ4n) is 0.864. The summed E-state index contributed by atoms with van der Waals surface area (Å²) in [5.41, 5.74) is 4.56. The lowest BCUT2D eigenvalue weighted by Crippen LogP contribution is -2.13. The van der Waals surface area contributed by atoms with Crippen LogP contribution in [-0.2, 0) is 0 Å². The minimum atomic E-state index is -0.806. The first-order valence-corrected chi connectivity index (χ1v) is 4.05. The second-order valence-corrected chi connectivity index (χ2v) is 3.20. The predicted molar refractivity (Wildman–Crippen MR) is 49.3 cm³/mol. The van der Waals surface area contributed by atoms with E-state index in [1.54, 1.807) is 0 Å². The summed E-state index contributed by atoms with van der Waals surface area (Å²) in [7, 11) is 0. The van der Waals surface area contributed by atoms with E-state index < -0.39 is 10.8 Å². The van der Waals surface area contributed by atoms with E-state index in [0.717, 1.165) is 0 Å². The van der Waals surface area contributed by atoms with Crippen LogP contribution in [0.15, 0.2) is 22.7 Å². The highest BCUT2D eigenvalue weighted by Gasteiger charge is 2.17. The van der Waals surface area contributed by atoms with Gasteiger partial charge in [-0.15, -0.1) is 0 Å². The minimum Gasteiger partial charge on any atom is -0.365 e. The largest absolute Gasteiger partial charge is 0.365 e. The number of nitro benzene ring substituents is 1. The monoisotopic (exact) mass is 244 g/mol. The third-order valence-electron chi connectivity index (χ3n) is 1.42. The zero-order chi connectivity index (χ0) is 10.0. The van der Waals surface area contributed by atoms with Crippen LogP contribution in [0.25, 0.3) is 0 Å². The van der Waals surface area contributed by atoms with Crippen LogP contribution < -0.4 is 5.73 Å². The van der Waals surface area contributed by atoms with Gasteiger partial charge in [-0.1, -0.05) is 15.9 Å². The first-order valence-electron chi connectivity index (χ1n) is 3.26. The number of primary amides is 1. The van der Waals surface area contributed by atoms with Crippen molar-refractivity contribution in [2.45, 2.75) is 0 Å². The summed E-state index contributed by atoms with van der Waals surface area (Å²) in [5.74, 6) is -0.806. The number of carbonyl (C=O) groups is 1. The van der Waals surface area contributed by atoms with Crippen molar-refractivity contribution in [3.63, 3.8) is 0 Å². The molecule has 1 amide bonds. The molecule has 1 aromatic rings. The molecule has 0 saturated heterocycles. The van der Waals surface area contributed by atoms with Crippen LogP contribution in [0.2, 0.25) is 0 Å². The number of halogens is 1. The standard InChI is InChI=1S/C7H5BrN2O3/c8-4-1-2-5(7(9)11)6(3-4)10(12)13/h1-3H,(H2,9,11). The van der Waals surface area contributed by atoms with Gasteiger partial charge in [0.15, 0.2) is 0 Å². The van der Waals surface area contributed by atoms with Crippen molar-refractivity contribution in [2.24, 2.45) is 5.73 Å². The number of rotatable bonds is 2. The van der Waals surface area contributed by atoms with Crippen LogP contribution in [0.5, 0.6) is 0 Å². The molecule has 0 spiro atoms. The third-order valence-corrected chi connectivity index (χ3v) is 1.92. The average molecular weight is 245 g/mol. The minimum absolute atomic E-state index is 0.0896. The number of benzene rings is 1. The highest BCUT2D eigenvalue weighted by atomic mass is 79.9. The number of hydrogen-bond acceptors (Lipinski definition) is 3. The van der Waals surface area contributed by atoms with Crippen LogP contribution in [0.1, 0.15) is 10.4 Å². The number of nitrogens with zero attached hydrogens (tertiary/aromatic N) is 1. The highest BCUT2D eigenvalue weighted by molar-refractivity contribution is 9.10. The van der Waals surface area contributed by atoms with E-state index in [-0.39, 0.29) is 11.3 Å². The maximum Gasteiger partial charge on any atom is 0.283 e. The van der Waals surface area contributed by atoms with Crippen LogP contribution in [0.4, 0.5) is 5.69 Å². The van der Waals surface area contributed by atoms with E-state index in [4.69, 9.17) is 5.73 Å². The van der Waals surface area contributed by atoms with Gasteiger partial charge in [0, 0.05) is 10.5 Å². The Morgan fingerprint density at radius 2 is 2.15 bits per heavy atom. The summed E-state index contributed by atoms with van der Waals surface area (Å²) < 4.78 is 0.532. The lowest BCUT2D eigenvalue weighted by molar-refractivity contribution is -0.385. The molecule has 5 nitrogen and oxygen atoms in total. The van der Waals surface area contributed by atoms with Gasteiger partial charge in [-0.25, -0.2) is 0 Å². The predicted octanol–water partition coefficient (Wildman–Crippen LogP) is 1.46. The van der Waals surface area contributed by atoms with Gasteiger partial charge in [0.25, 0.3) is 11.6 Å². The van der Waals surface area contributed by atoms with Crippen molar-refractivity contribution in [3.05, 3.63) is 38.3 Å². The molecule has 6 heteroatoms. The summed E-state index contributed by atoms with van der Waals surface area (Å²) in [6, 6.07) is 4.07. The molecule has 0 atom stereocenters.